The van der Waals surface area contributed by atoms with Crippen molar-refractivity contribution in [1.82, 2.24) is 9.78 Å². The first-order valence-corrected chi connectivity index (χ1v) is 6.82. The van der Waals surface area contributed by atoms with Crippen LogP contribution in [0.4, 0.5) is 0 Å². The molecular formula is C14H13BrN2O. The van der Waals surface area contributed by atoms with Crippen molar-refractivity contribution in [3.05, 3.63) is 40.0 Å². The van der Waals surface area contributed by atoms with Crippen LogP contribution in [0.3, 0.4) is 0 Å². The molecule has 0 radical (unpaired) electrons. The maximum atomic E-state index is 11.8. The van der Waals surface area contributed by atoms with Crippen LogP contribution in [0, 0.1) is 6.92 Å². The lowest BCUT2D eigenvalue weighted by molar-refractivity contribution is 0.0951. The molecule has 0 amide bonds. The molecule has 0 aliphatic carbocycles. The van der Waals surface area contributed by atoms with Gasteiger partial charge in [0.25, 0.3) is 0 Å². The van der Waals surface area contributed by atoms with Crippen molar-refractivity contribution in [2.45, 2.75) is 26.3 Å². The number of aryl methyl sites for hydroxylation is 1. The average molecular weight is 305 g/mol. The van der Waals surface area contributed by atoms with Gasteiger partial charge in [0.05, 0.1) is 5.69 Å². The van der Waals surface area contributed by atoms with Crippen molar-refractivity contribution < 1.29 is 4.79 Å². The van der Waals surface area contributed by atoms with E-state index in [1.807, 2.05) is 28.9 Å². The lowest BCUT2D eigenvalue weighted by Gasteiger charge is -2.10. The third-order valence-electron chi connectivity index (χ3n) is 3.38. The van der Waals surface area contributed by atoms with E-state index in [-0.39, 0.29) is 5.78 Å². The Morgan fingerprint density at radius 1 is 1.39 bits per heavy atom. The maximum Gasteiger partial charge on any atom is 0.180 e. The predicted octanol–water partition coefficient (Wildman–Crippen LogP) is 3.60. The molecule has 1 aromatic heterocycles. The van der Waals surface area contributed by atoms with Crippen molar-refractivity contribution in [2.75, 3.05) is 0 Å². The fourth-order valence-electron chi connectivity index (χ4n) is 2.35. The van der Waals surface area contributed by atoms with Crippen LogP contribution in [0.25, 0.3) is 11.3 Å². The summed E-state index contributed by atoms with van der Waals surface area (Å²) in [5.41, 5.74) is 3.87. The first-order valence-electron chi connectivity index (χ1n) is 6.03. The largest absolute Gasteiger partial charge is 0.292 e. The van der Waals surface area contributed by atoms with E-state index in [0.29, 0.717) is 6.42 Å². The summed E-state index contributed by atoms with van der Waals surface area (Å²) in [6.07, 6.45) is 1.53. The van der Waals surface area contributed by atoms with Gasteiger partial charge in [-0.1, -0.05) is 28.1 Å². The number of hydrogen-bond acceptors (Lipinski definition) is 2. The minimum absolute atomic E-state index is 0.202. The molecule has 2 aromatic rings. The molecule has 0 bridgehead atoms. The van der Waals surface area contributed by atoms with E-state index < -0.39 is 0 Å². The number of ketones is 1. The second-order valence-corrected chi connectivity index (χ2v) is 5.43. The second kappa shape index (κ2) is 4.35. The molecule has 4 heteroatoms. The summed E-state index contributed by atoms with van der Waals surface area (Å²) in [5, 5.41) is 4.55. The van der Waals surface area contributed by atoms with Crippen LogP contribution in [-0.4, -0.2) is 15.6 Å². The Balaban J connectivity index is 2.13. The molecule has 0 unspecified atom stereocenters. The highest BCUT2D eigenvalue weighted by atomic mass is 79.9. The number of nitrogens with zero attached hydrogens (tertiary/aromatic N) is 2. The van der Waals surface area contributed by atoms with Gasteiger partial charge >= 0.3 is 0 Å². The molecule has 3 nitrogen and oxygen atoms in total. The van der Waals surface area contributed by atoms with Crippen LogP contribution in [-0.2, 0) is 6.54 Å². The van der Waals surface area contributed by atoms with E-state index >= 15 is 0 Å². The van der Waals surface area contributed by atoms with E-state index in [2.05, 4.69) is 28.0 Å². The zero-order chi connectivity index (χ0) is 12.7. The first kappa shape index (κ1) is 11.7. The lowest BCUT2D eigenvalue weighted by Crippen LogP contribution is -2.16. The van der Waals surface area contributed by atoms with Crippen molar-refractivity contribution in [2.24, 2.45) is 0 Å². The molecule has 0 saturated carbocycles. The molecule has 1 aromatic carbocycles. The fraction of sp³-hybridized carbons (Fsp3) is 0.286. The van der Waals surface area contributed by atoms with E-state index in [9.17, 15) is 4.79 Å². The van der Waals surface area contributed by atoms with Gasteiger partial charge in [0, 0.05) is 23.0 Å². The molecule has 18 heavy (non-hydrogen) atoms. The number of carbonyl (C=O) groups excluding carboxylic acids is 1. The van der Waals surface area contributed by atoms with Crippen molar-refractivity contribution in [3.63, 3.8) is 0 Å². The normalized spacial score (nSPS) is 14.7. The molecule has 0 spiro atoms. The smallest absolute Gasteiger partial charge is 0.180 e. The standard InChI is InChI=1S/C14H13BrN2O/c1-9-10(4-2-5-11(9)15)12-8-13-14(18)6-3-7-17(13)16-12/h2,4-5,8H,3,6-7H2,1H3. The molecular weight excluding hydrogens is 292 g/mol. The van der Waals surface area contributed by atoms with Crippen LogP contribution in [0.2, 0.25) is 0 Å². The van der Waals surface area contributed by atoms with Crippen LogP contribution in [0.1, 0.15) is 28.9 Å². The number of halogens is 1. The minimum Gasteiger partial charge on any atom is -0.292 e. The van der Waals surface area contributed by atoms with Crippen LogP contribution < -0.4 is 0 Å². The Hall–Kier alpha value is -1.42. The number of Topliss-reactive ketones (excluding diaryl/α,β-unsaturated/α-hetero) is 1. The average Bonchev–Trinajstić information content (AvgIpc) is 2.78. The SMILES string of the molecule is Cc1c(Br)cccc1-c1cc2n(n1)CCCC2=O. The van der Waals surface area contributed by atoms with Gasteiger partial charge in [-0.15, -0.1) is 0 Å². The van der Waals surface area contributed by atoms with Gasteiger partial charge in [-0.05, 0) is 31.0 Å². The molecule has 92 valence electrons. The Bertz CT molecular complexity index is 631. The predicted molar refractivity (Wildman–Crippen MR) is 73.7 cm³/mol. The van der Waals surface area contributed by atoms with Gasteiger partial charge in [0.2, 0.25) is 0 Å². The van der Waals surface area contributed by atoms with Gasteiger partial charge in [-0.3, -0.25) is 9.48 Å². The van der Waals surface area contributed by atoms with Gasteiger partial charge in [0.1, 0.15) is 5.69 Å². The molecule has 0 fully saturated rings. The Morgan fingerprint density at radius 2 is 2.22 bits per heavy atom. The summed E-state index contributed by atoms with van der Waals surface area (Å²) in [5.74, 6) is 0.202. The molecule has 0 saturated heterocycles. The number of fused-ring (bicyclic) bond motifs is 1. The summed E-state index contributed by atoms with van der Waals surface area (Å²) in [7, 11) is 0. The Kier molecular flexibility index (Phi) is 2.82. The summed E-state index contributed by atoms with van der Waals surface area (Å²) in [4.78, 5) is 11.8. The van der Waals surface area contributed by atoms with E-state index in [4.69, 9.17) is 0 Å². The van der Waals surface area contributed by atoms with Gasteiger partial charge in [-0.25, -0.2) is 0 Å². The summed E-state index contributed by atoms with van der Waals surface area (Å²) < 4.78 is 2.90. The molecule has 1 aliphatic heterocycles. The molecule has 1 aliphatic rings. The number of aromatic nitrogens is 2. The van der Waals surface area contributed by atoms with Crippen LogP contribution in [0.5, 0.6) is 0 Å². The molecule has 2 heterocycles. The first-order chi connectivity index (χ1) is 8.66. The van der Waals surface area contributed by atoms with Crippen molar-refractivity contribution in [3.8, 4) is 11.3 Å². The number of benzene rings is 1. The number of hydrogen-bond donors (Lipinski definition) is 0. The quantitative estimate of drug-likeness (QED) is 0.807. The van der Waals surface area contributed by atoms with Gasteiger partial charge < -0.3 is 0 Å². The number of rotatable bonds is 1. The zero-order valence-corrected chi connectivity index (χ0v) is 11.7. The third-order valence-corrected chi connectivity index (χ3v) is 4.24. The lowest BCUT2D eigenvalue weighted by atomic mass is 10.0. The topological polar surface area (TPSA) is 34.9 Å². The number of carbonyl (C=O) groups is 1. The fourth-order valence-corrected chi connectivity index (χ4v) is 2.71. The second-order valence-electron chi connectivity index (χ2n) is 4.58. The Morgan fingerprint density at radius 3 is 3.00 bits per heavy atom. The van der Waals surface area contributed by atoms with Gasteiger partial charge in [0.15, 0.2) is 5.78 Å². The minimum atomic E-state index is 0.202. The van der Waals surface area contributed by atoms with Crippen molar-refractivity contribution in [1.29, 1.82) is 0 Å². The van der Waals surface area contributed by atoms with Crippen LogP contribution >= 0.6 is 15.9 Å². The highest BCUT2D eigenvalue weighted by molar-refractivity contribution is 9.10. The van der Waals surface area contributed by atoms with E-state index in [1.165, 1.54) is 0 Å². The molecule has 3 rings (SSSR count). The summed E-state index contributed by atoms with van der Waals surface area (Å²) in [6.45, 7) is 2.90. The third kappa shape index (κ3) is 1.81. The van der Waals surface area contributed by atoms with Crippen LogP contribution in [0.15, 0.2) is 28.7 Å². The highest BCUT2D eigenvalue weighted by Gasteiger charge is 2.20. The summed E-state index contributed by atoms with van der Waals surface area (Å²) >= 11 is 3.53. The van der Waals surface area contributed by atoms with Gasteiger partial charge in [-0.2, -0.15) is 5.10 Å². The summed E-state index contributed by atoms with van der Waals surface area (Å²) in [6, 6.07) is 7.96. The monoisotopic (exact) mass is 304 g/mol. The van der Waals surface area contributed by atoms with E-state index in [1.54, 1.807) is 0 Å². The molecule has 0 N–H and O–H groups in total. The molecule has 0 atom stereocenters. The maximum absolute atomic E-state index is 11.8. The highest BCUT2D eigenvalue weighted by Crippen LogP contribution is 2.29. The zero-order valence-electron chi connectivity index (χ0n) is 10.1. The Labute approximate surface area is 114 Å². The van der Waals surface area contributed by atoms with E-state index in [0.717, 1.165) is 40.0 Å². The van der Waals surface area contributed by atoms with Crippen molar-refractivity contribution >= 4 is 21.7 Å².